The summed E-state index contributed by atoms with van der Waals surface area (Å²) in [5.74, 6) is 0.750. The van der Waals surface area contributed by atoms with E-state index in [0.29, 0.717) is 11.5 Å². The average Bonchev–Trinajstić information content (AvgIpc) is 2.64. The van der Waals surface area contributed by atoms with Gasteiger partial charge in [0, 0.05) is 12.8 Å². The van der Waals surface area contributed by atoms with Gasteiger partial charge in [-0.25, -0.2) is 8.42 Å². The summed E-state index contributed by atoms with van der Waals surface area (Å²) in [6.07, 6.45) is 1.23. The Bertz CT molecular complexity index is 625. The number of sulfone groups is 1. The van der Waals surface area contributed by atoms with Gasteiger partial charge < -0.3 is 9.64 Å². The third-order valence-electron chi connectivity index (χ3n) is 3.79. The first-order valence-electron chi connectivity index (χ1n) is 6.30. The Morgan fingerprint density at radius 2 is 2.16 bits per heavy atom. The van der Waals surface area contributed by atoms with Crippen LogP contribution in [0.3, 0.4) is 0 Å². The van der Waals surface area contributed by atoms with Crippen LogP contribution in [0.15, 0.2) is 23.1 Å². The number of benzene rings is 1. The van der Waals surface area contributed by atoms with Crippen LogP contribution < -0.4 is 15.0 Å². The van der Waals surface area contributed by atoms with Crippen molar-refractivity contribution in [2.24, 2.45) is 0 Å². The normalized spacial score (nSPS) is 24.6. The third kappa shape index (κ3) is 1.99. The second kappa shape index (κ2) is 3.86. The number of fused-ring (bicyclic) bond motifs is 3. The summed E-state index contributed by atoms with van der Waals surface area (Å²) >= 11 is 0. The van der Waals surface area contributed by atoms with Gasteiger partial charge in [0.15, 0.2) is 9.84 Å². The van der Waals surface area contributed by atoms with Crippen molar-refractivity contribution in [2.75, 3.05) is 24.3 Å². The third-order valence-corrected chi connectivity index (χ3v) is 4.90. The molecule has 5 nitrogen and oxygen atoms in total. The molecule has 0 spiro atoms. The van der Waals surface area contributed by atoms with Gasteiger partial charge in [-0.05, 0) is 32.0 Å². The van der Waals surface area contributed by atoms with E-state index in [0.717, 1.165) is 18.0 Å². The topological polar surface area (TPSA) is 58.6 Å². The highest BCUT2D eigenvalue weighted by Crippen LogP contribution is 2.41. The number of nitrogens with zero attached hydrogens (tertiary/aromatic N) is 1. The highest BCUT2D eigenvalue weighted by Gasteiger charge is 2.43. The number of ether oxygens (including phenoxy) is 1. The molecular weight excluding hydrogens is 264 g/mol. The van der Waals surface area contributed by atoms with Crippen molar-refractivity contribution in [1.29, 1.82) is 0 Å². The lowest BCUT2D eigenvalue weighted by atomic mass is 10.1. The smallest absolute Gasteiger partial charge is 0.175 e. The van der Waals surface area contributed by atoms with Crippen LogP contribution in [0.4, 0.5) is 5.69 Å². The molecule has 3 rings (SSSR count). The molecule has 0 aromatic heterocycles. The van der Waals surface area contributed by atoms with Gasteiger partial charge in [0.05, 0.1) is 22.3 Å². The Morgan fingerprint density at radius 3 is 2.84 bits per heavy atom. The Morgan fingerprint density at radius 1 is 1.42 bits per heavy atom. The van der Waals surface area contributed by atoms with Crippen molar-refractivity contribution in [1.82, 2.24) is 5.32 Å². The fourth-order valence-electron chi connectivity index (χ4n) is 2.86. The van der Waals surface area contributed by atoms with E-state index < -0.39 is 9.84 Å². The summed E-state index contributed by atoms with van der Waals surface area (Å²) < 4.78 is 29.1. The van der Waals surface area contributed by atoms with Gasteiger partial charge in [0.1, 0.15) is 12.4 Å². The van der Waals surface area contributed by atoms with E-state index >= 15 is 0 Å². The Hall–Kier alpha value is -1.27. The molecule has 2 aliphatic heterocycles. The van der Waals surface area contributed by atoms with Crippen LogP contribution in [0.25, 0.3) is 0 Å². The van der Waals surface area contributed by atoms with Crippen molar-refractivity contribution in [3.05, 3.63) is 18.2 Å². The fourth-order valence-corrected chi connectivity index (χ4v) is 3.50. The summed E-state index contributed by atoms with van der Waals surface area (Å²) in [7, 11) is -3.20. The van der Waals surface area contributed by atoms with Crippen LogP contribution in [-0.2, 0) is 9.84 Å². The first-order chi connectivity index (χ1) is 8.79. The van der Waals surface area contributed by atoms with Crippen molar-refractivity contribution in [3.63, 3.8) is 0 Å². The SMILES string of the molecule is CC1(C)NCC2COc3ccc(S(C)(=O)=O)cc3N21. The maximum absolute atomic E-state index is 11.7. The maximum atomic E-state index is 11.7. The van der Waals surface area contributed by atoms with E-state index in [2.05, 4.69) is 24.1 Å². The first-order valence-corrected chi connectivity index (χ1v) is 8.19. The van der Waals surface area contributed by atoms with Gasteiger partial charge in [0.2, 0.25) is 0 Å². The van der Waals surface area contributed by atoms with Crippen molar-refractivity contribution < 1.29 is 13.2 Å². The van der Waals surface area contributed by atoms with Crippen LogP contribution in [0.1, 0.15) is 13.8 Å². The quantitative estimate of drug-likeness (QED) is 0.832. The van der Waals surface area contributed by atoms with E-state index in [-0.39, 0.29) is 11.7 Å². The highest BCUT2D eigenvalue weighted by molar-refractivity contribution is 7.90. The molecule has 2 aliphatic rings. The molecule has 0 saturated carbocycles. The zero-order valence-electron chi connectivity index (χ0n) is 11.3. The predicted octanol–water partition coefficient (Wildman–Crippen LogP) is 0.997. The van der Waals surface area contributed by atoms with E-state index in [9.17, 15) is 8.42 Å². The molecule has 0 amide bonds. The summed E-state index contributed by atoms with van der Waals surface area (Å²) in [4.78, 5) is 2.55. The fraction of sp³-hybridized carbons (Fsp3) is 0.538. The molecule has 1 aromatic carbocycles. The molecule has 6 heteroatoms. The van der Waals surface area contributed by atoms with E-state index in [1.807, 2.05) is 0 Å². The van der Waals surface area contributed by atoms with Gasteiger partial charge in [-0.2, -0.15) is 0 Å². The Balaban J connectivity index is 2.15. The number of hydrogen-bond acceptors (Lipinski definition) is 5. The number of anilines is 1. The van der Waals surface area contributed by atoms with Gasteiger partial charge in [-0.15, -0.1) is 0 Å². The minimum absolute atomic E-state index is 0.195. The molecule has 0 radical (unpaired) electrons. The van der Waals surface area contributed by atoms with Gasteiger partial charge >= 0.3 is 0 Å². The minimum Gasteiger partial charge on any atom is -0.489 e. The largest absolute Gasteiger partial charge is 0.489 e. The number of hydrogen-bond donors (Lipinski definition) is 1. The zero-order valence-corrected chi connectivity index (χ0v) is 12.1. The number of nitrogens with one attached hydrogen (secondary N) is 1. The molecule has 1 fully saturated rings. The van der Waals surface area contributed by atoms with Crippen LogP contribution in [-0.4, -0.2) is 39.5 Å². The van der Waals surface area contributed by atoms with Crippen molar-refractivity contribution >= 4 is 15.5 Å². The van der Waals surface area contributed by atoms with Gasteiger partial charge in [-0.1, -0.05) is 0 Å². The lowest BCUT2D eigenvalue weighted by Gasteiger charge is -2.41. The molecule has 0 bridgehead atoms. The molecule has 104 valence electrons. The highest BCUT2D eigenvalue weighted by atomic mass is 32.2. The molecule has 1 N–H and O–H groups in total. The standard InChI is InChI=1S/C13H18N2O3S/c1-13(2)14-7-9-8-18-12-5-4-10(19(3,16)17)6-11(12)15(9)13/h4-6,9,14H,7-8H2,1-3H3. The first kappa shape index (κ1) is 12.7. The molecule has 1 atom stereocenters. The molecule has 1 saturated heterocycles. The molecule has 1 aromatic rings. The molecule has 1 unspecified atom stereocenters. The van der Waals surface area contributed by atoms with Crippen LogP contribution in [0.5, 0.6) is 5.75 Å². The molecular formula is C13H18N2O3S. The lowest BCUT2D eigenvalue weighted by Crippen LogP contribution is -2.51. The van der Waals surface area contributed by atoms with E-state index in [1.165, 1.54) is 6.26 Å². The van der Waals surface area contributed by atoms with Crippen LogP contribution >= 0.6 is 0 Å². The Kier molecular flexibility index (Phi) is 2.59. The summed E-state index contributed by atoms with van der Waals surface area (Å²) in [6.45, 7) is 5.65. The van der Waals surface area contributed by atoms with Crippen molar-refractivity contribution in [2.45, 2.75) is 30.4 Å². The lowest BCUT2D eigenvalue weighted by molar-refractivity contribution is 0.268. The summed E-state index contributed by atoms with van der Waals surface area (Å²) in [5, 5.41) is 3.43. The van der Waals surface area contributed by atoms with E-state index in [1.54, 1.807) is 18.2 Å². The second-order valence-corrected chi connectivity index (χ2v) is 7.69. The molecule has 0 aliphatic carbocycles. The molecule has 19 heavy (non-hydrogen) atoms. The zero-order chi connectivity index (χ0) is 13.8. The second-order valence-electron chi connectivity index (χ2n) is 5.68. The molecule has 2 heterocycles. The summed E-state index contributed by atoms with van der Waals surface area (Å²) in [5.41, 5.74) is 0.661. The maximum Gasteiger partial charge on any atom is 0.175 e. The van der Waals surface area contributed by atoms with Crippen LogP contribution in [0.2, 0.25) is 0 Å². The van der Waals surface area contributed by atoms with E-state index in [4.69, 9.17) is 4.74 Å². The summed E-state index contributed by atoms with van der Waals surface area (Å²) in [6, 6.07) is 5.31. The predicted molar refractivity (Wildman–Crippen MR) is 73.4 cm³/mol. The van der Waals surface area contributed by atoms with Gasteiger partial charge in [0.25, 0.3) is 0 Å². The van der Waals surface area contributed by atoms with Crippen molar-refractivity contribution in [3.8, 4) is 5.75 Å². The Labute approximate surface area is 113 Å². The number of rotatable bonds is 1. The monoisotopic (exact) mass is 282 g/mol. The van der Waals surface area contributed by atoms with Gasteiger partial charge in [-0.3, -0.25) is 5.32 Å². The minimum atomic E-state index is -3.20. The average molecular weight is 282 g/mol. The van der Waals surface area contributed by atoms with Crippen LogP contribution in [0, 0.1) is 0 Å².